The summed E-state index contributed by atoms with van der Waals surface area (Å²) in [5.41, 5.74) is 0.986. The van der Waals surface area contributed by atoms with Crippen molar-refractivity contribution in [3.05, 3.63) is 23.2 Å². The number of halogens is 1. The van der Waals surface area contributed by atoms with Gasteiger partial charge >= 0.3 is 0 Å². The summed E-state index contributed by atoms with van der Waals surface area (Å²) in [5.74, 6) is 1.67. The molecule has 2 rings (SSSR count). The molecule has 1 atom stereocenters. The highest BCUT2D eigenvalue weighted by Gasteiger charge is 2.30. The lowest BCUT2D eigenvalue weighted by Crippen LogP contribution is -2.20. The molecule has 16 heavy (non-hydrogen) atoms. The molecule has 0 amide bonds. The van der Waals surface area contributed by atoms with E-state index in [2.05, 4.69) is 12.2 Å². The fourth-order valence-electron chi connectivity index (χ4n) is 1.99. The average Bonchev–Trinajstić information content (AvgIpc) is 3.12. The Morgan fingerprint density at radius 1 is 1.50 bits per heavy atom. The summed E-state index contributed by atoms with van der Waals surface area (Å²) in [4.78, 5) is 0. The third-order valence-electron chi connectivity index (χ3n) is 3.15. The lowest BCUT2D eigenvalue weighted by molar-refractivity contribution is 0.415. The van der Waals surface area contributed by atoms with Crippen molar-refractivity contribution in [3.8, 4) is 5.75 Å². The monoisotopic (exact) mass is 239 g/mol. The number of hydrogen-bond acceptors (Lipinski definition) is 2. The zero-order valence-electron chi connectivity index (χ0n) is 9.79. The maximum Gasteiger partial charge on any atom is 0.121 e. The van der Waals surface area contributed by atoms with Crippen LogP contribution in [0.3, 0.4) is 0 Å². The smallest absolute Gasteiger partial charge is 0.121 e. The van der Waals surface area contributed by atoms with Crippen molar-refractivity contribution in [1.29, 1.82) is 0 Å². The summed E-state index contributed by atoms with van der Waals surface area (Å²) in [6, 6.07) is 6.27. The van der Waals surface area contributed by atoms with Gasteiger partial charge in [0.2, 0.25) is 0 Å². The average molecular weight is 240 g/mol. The first-order valence-electron chi connectivity index (χ1n) is 5.84. The molecule has 0 bridgehead atoms. The van der Waals surface area contributed by atoms with Crippen LogP contribution in [-0.2, 0) is 0 Å². The first kappa shape index (κ1) is 11.6. The predicted octanol–water partition coefficient (Wildman–Crippen LogP) is 3.95. The maximum atomic E-state index is 6.16. The van der Waals surface area contributed by atoms with Gasteiger partial charge in [-0.2, -0.15) is 0 Å². The fourth-order valence-corrected chi connectivity index (χ4v) is 2.17. The quantitative estimate of drug-likeness (QED) is 0.840. The standard InChI is InChI=1S/C13H18ClNO/c1-3-12(9-4-5-9)15-13-8-10(16-2)6-7-11(13)14/h6-9,12,15H,3-5H2,1-2H3. The van der Waals surface area contributed by atoms with Gasteiger partial charge in [-0.3, -0.25) is 0 Å². The molecule has 1 aromatic rings. The van der Waals surface area contributed by atoms with E-state index in [0.717, 1.165) is 28.8 Å². The zero-order chi connectivity index (χ0) is 11.5. The van der Waals surface area contributed by atoms with Crippen LogP contribution in [0.2, 0.25) is 5.02 Å². The molecule has 0 aromatic heterocycles. The molecule has 1 N–H and O–H groups in total. The second kappa shape index (κ2) is 4.96. The molecule has 88 valence electrons. The van der Waals surface area contributed by atoms with Crippen molar-refractivity contribution in [2.75, 3.05) is 12.4 Å². The van der Waals surface area contributed by atoms with Crippen molar-refractivity contribution in [3.63, 3.8) is 0 Å². The van der Waals surface area contributed by atoms with Gasteiger partial charge < -0.3 is 10.1 Å². The number of rotatable bonds is 5. The third kappa shape index (κ3) is 2.62. The lowest BCUT2D eigenvalue weighted by atomic mass is 10.1. The van der Waals surface area contributed by atoms with Gasteiger partial charge in [0.1, 0.15) is 5.75 Å². The Balaban J connectivity index is 2.11. The zero-order valence-corrected chi connectivity index (χ0v) is 10.6. The SMILES string of the molecule is CCC(Nc1cc(OC)ccc1Cl)C1CC1. The number of anilines is 1. The molecule has 1 unspecified atom stereocenters. The van der Waals surface area contributed by atoms with Gasteiger partial charge in [0.05, 0.1) is 17.8 Å². The molecule has 2 nitrogen and oxygen atoms in total. The number of methoxy groups -OCH3 is 1. The first-order valence-corrected chi connectivity index (χ1v) is 6.22. The molecule has 1 saturated carbocycles. The summed E-state index contributed by atoms with van der Waals surface area (Å²) in [5, 5.41) is 4.29. The van der Waals surface area contributed by atoms with Crippen molar-refractivity contribution in [2.45, 2.75) is 32.2 Å². The van der Waals surface area contributed by atoms with Crippen molar-refractivity contribution >= 4 is 17.3 Å². The van der Waals surface area contributed by atoms with E-state index < -0.39 is 0 Å². The largest absolute Gasteiger partial charge is 0.497 e. The summed E-state index contributed by atoms with van der Waals surface area (Å²) in [6.07, 6.45) is 3.82. The number of hydrogen-bond donors (Lipinski definition) is 1. The van der Waals surface area contributed by atoms with Crippen LogP contribution in [0.25, 0.3) is 0 Å². The normalized spacial score (nSPS) is 16.9. The van der Waals surface area contributed by atoms with Crippen molar-refractivity contribution in [1.82, 2.24) is 0 Å². The van der Waals surface area contributed by atoms with Crippen LogP contribution in [0.1, 0.15) is 26.2 Å². The Morgan fingerprint density at radius 3 is 2.81 bits per heavy atom. The van der Waals surface area contributed by atoms with E-state index >= 15 is 0 Å². The van der Waals surface area contributed by atoms with E-state index in [0.29, 0.717) is 6.04 Å². The highest BCUT2D eigenvalue weighted by molar-refractivity contribution is 6.33. The van der Waals surface area contributed by atoms with Crippen LogP contribution in [-0.4, -0.2) is 13.2 Å². The second-order valence-corrected chi connectivity index (χ2v) is 4.75. The van der Waals surface area contributed by atoms with Crippen molar-refractivity contribution in [2.24, 2.45) is 5.92 Å². The van der Waals surface area contributed by atoms with Gasteiger partial charge in [-0.1, -0.05) is 18.5 Å². The molecule has 3 heteroatoms. The molecule has 0 radical (unpaired) electrons. The molecule has 0 saturated heterocycles. The highest BCUT2D eigenvalue weighted by atomic mass is 35.5. The Hall–Kier alpha value is -0.890. The minimum absolute atomic E-state index is 0.546. The Bertz CT molecular complexity index is 363. The van der Waals surface area contributed by atoms with Gasteiger partial charge in [0, 0.05) is 12.1 Å². The van der Waals surface area contributed by atoms with Crippen LogP contribution in [0.5, 0.6) is 5.75 Å². The van der Waals surface area contributed by atoms with E-state index in [-0.39, 0.29) is 0 Å². The minimum Gasteiger partial charge on any atom is -0.497 e. The topological polar surface area (TPSA) is 21.3 Å². The molecular weight excluding hydrogens is 222 g/mol. The lowest BCUT2D eigenvalue weighted by Gasteiger charge is -2.19. The Morgan fingerprint density at radius 2 is 2.25 bits per heavy atom. The van der Waals surface area contributed by atoms with E-state index in [4.69, 9.17) is 16.3 Å². The van der Waals surface area contributed by atoms with Gasteiger partial charge in [-0.05, 0) is 37.3 Å². The second-order valence-electron chi connectivity index (χ2n) is 4.34. The highest BCUT2D eigenvalue weighted by Crippen LogP contribution is 2.37. The molecular formula is C13H18ClNO. The maximum absolute atomic E-state index is 6.16. The van der Waals surface area contributed by atoms with Crippen LogP contribution in [0.15, 0.2) is 18.2 Å². The summed E-state index contributed by atoms with van der Waals surface area (Å²) in [7, 11) is 1.67. The Labute approximate surface area is 102 Å². The first-order chi connectivity index (χ1) is 7.74. The van der Waals surface area contributed by atoms with Crippen LogP contribution < -0.4 is 10.1 Å². The third-order valence-corrected chi connectivity index (χ3v) is 3.47. The fraction of sp³-hybridized carbons (Fsp3) is 0.538. The van der Waals surface area contributed by atoms with Gasteiger partial charge in [0.25, 0.3) is 0 Å². The van der Waals surface area contributed by atoms with Crippen molar-refractivity contribution < 1.29 is 4.74 Å². The number of ether oxygens (including phenoxy) is 1. The van der Waals surface area contributed by atoms with E-state index in [1.807, 2.05) is 18.2 Å². The number of benzene rings is 1. The molecule has 0 spiro atoms. The molecule has 1 aromatic carbocycles. The minimum atomic E-state index is 0.546. The summed E-state index contributed by atoms with van der Waals surface area (Å²) >= 11 is 6.16. The van der Waals surface area contributed by atoms with E-state index in [1.54, 1.807) is 7.11 Å². The van der Waals surface area contributed by atoms with Crippen LogP contribution in [0.4, 0.5) is 5.69 Å². The van der Waals surface area contributed by atoms with Crippen LogP contribution in [0, 0.1) is 5.92 Å². The molecule has 1 aliphatic rings. The van der Waals surface area contributed by atoms with Crippen LogP contribution >= 0.6 is 11.6 Å². The van der Waals surface area contributed by atoms with Gasteiger partial charge in [0.15, 0.2) is 0 Å². The molecule has 1 fully saturated rings. The predicted molar refractivity (Wildman–Crippen MR) is 68.4 cm³/mol. The van der Waals surface area contributed by atoms with E-state index in [1.165, 1.54) is 12.8 Å². The Kier molecular flexibility index (Phi) is 3.59. The molecule has 1 aliphatic carbocycles. The summed E-state index contributed by atoms with van der Waals surface area (Å²) in [6.45, 7) is 2.21. The molecule has 0 aliphatic heterocycles. The molecule has 0 heterocycles. The van der Waals surface area contributed by atoms with E-state index in [9.17, 15) is 0 Å². The summed E-state index contributed by atoms with van der Waals surface area (Å²) < 4.78 is 5.20. The number of nitrogens with one attached hydrogen (secondary N) is 1. The van der Waals surface area contributed by atoms with Gasteiger partial charge in [-0.25, -0.2) is 0 Å². The van der Waals surface area contributed by atoms with Gasteiger partial charge in [-0.15, -0.1) is 0 Å².